The molecule has 1 aliphatic rings. The zero-order chi connectivity index (χ0) is 16.2. The number of halogens is 1. The van der Waals surface area contributed by atoms with E-state index in [0.717, 1.165) is 25.9 Å². The van der Waals surface area contributed by atoms with Gasteiger partial charge in [-0.1, -0.05) is 12.1 Å². The van der Waals surface area contributed by atoms with Crippen LogP contribution in [0, 0.1) is 5.82 Å². The van der Waals surface area contributed by atoms with Gasteiger partial charge >= 0.3 is 0 Å². The highest BCUT2D eigenvalue weighted by molar-refractivity contribution is 6.03. The molecular formula is C17H16FN3O2. The molecule has 0 bridgehead atoms. The lowest BCUT2D eigenvalue weighted by Gasteiger charge is -2.14. The van der Waals surface area contributed by atoms with Gasteiger partial charge in [-0.05, 0) is 43.2 Å². The minimum absolute atomic E-state index is 0.124. The van der Waals surface area contributed by atoms with Crippen molar-refractivity contribution in [3.05, 3.63) is 59.7 Å². The molecule has 1 N–H and O–H groups in total. The molecule has 1 aromatic heterocycles. The van der Waals surface area contributed by atoms with Crippen LogP contribution in [0.3, 0.4) is 0 Å². The molecule has 5 nitrogen and oxygen atoms in total. The van der Waals surface area contributed by atoms with Crippen molar-refractivity contribution < 1.29 is 14.0 Å². The van der Waals surface area contributed by atoms with Gasteiger partial charge in [-0.2, -0.15) is 0 Å². The molecule has 118 valence electrons. The maximum Gasteiger partial charge on any atom is 0.274 e. The predicted octanol–water partition coefficient (Wildman–Crippen LogP) is 2.71. The van der Waals surface area contributed by atoms with Gasteiger partial charge in [0.2, 0.25) is 0 Å². The Hall–Kier alpha value is -2.76. The number of pyridine rings is 1. The normalized spacial score (nSPS) is 13.9. The lowest BCUT2D eigenvalue weighted by molar-refractivity contribution is 0.0787. The Balaban J connectivity index is 1.76. The number of hydrogen-bond acceptors (Lipinski definition) is 3. The van der Waals surface area contributed by atoms with E-state index in [2.05, 4.69) is 10.3 Å². The van der Waals surface area contributed by atoms with Gasteiger partial charge in [0.15, 0.2) is 0 Å². The number of aromatic nitrogens is 1. The monoisotopic (exact) mass is 313 g/mol. The molecule has 3 rings (SSSR count). The molecule has 1 aromatic carbocycles. The summed E-state index contributed by atoms with van der Waals surface area (Å²) >= 11 is 0. The second kappa shape index (κ2) is 6.56. The van der Waals surface area contributed by atoms with Crippen molar-refractivity contribution in [1.29, 1.82) is 0 Å². The molecule has 23 heavy (non-hydrogen) atoms. The number of amides is 2. The maximum absolute atomic E-state index is 13.1. The molecule has 1 saturated heterocycles. The van der Waals surface area contributed by atoms with Crippen LogP contribution in [0.5, 0.6) is 0 Å². The summed E-state index contributed by atoms with van der Waals surface area (Å²) in [6.45, 7) is 1.44. The molecule has 0 saturated carbocycles. The molecule has 0 aliphatic carbocycles. The van der Waals surface area contributed by atoms with Crippen LogP contribution in [0.4, 0.5) is 10.1 Å². The van der Waals surface area contributed by atoms with Crippen molar-refractivity contribution in [3.63, 3.8) is 0 Å². The third-order valence-corrected chi connectivity index (χ3v) is 3.68. The third kappa shape index (κ3) is 3.53. The predicted molar refractivity (Wildman–Crippen MR) is 83.7 cm³/mol. The van der Waals surface area contributed by atoms with Crippen molar-refractivity contribution in [3.8, 4) is 0 Å². The fourth-order valence-electron chi connectivity index (χ4n) is 2.52. The Morgan fingerprint density at radius 1 is 1.04 bits per heavy atom. The van der Waals surface area contributed by atoms with Crippen molar-refractivity contribution in [2.24, 2.45) is 0 Å². The standard InChI is InChI=1S/C17H16FN3O2/c18-12-5-3-6-13(11-12)19-16(22)14-7-4-8-15(20-14)17(23)21-9-1-2-10-21/h3-8,11H,1-2,9-10H2,(H,19,22). The molecule has 0 radical (unpaired) electrons. The first-order valence-corrected chi connectivity index (χ1v) is 7.47. The second-order valence-electron chi connectivity index (χ2n) is 5.37. The summed E-state index contributed by atoms with van der Waals surface area (Å²) in [4.78, 5) is 30.4. The van der Waals surface area contributed by atoms with Crippen LogP contribution in [0.15, 0.2) is 42.5 Å². The van der Waals surface area contributed by atoms with Gasteiger partial charge in [-0.3, -0.25) is 9.59 Å². The Labute approximate surface area is 133 Å². The highest BCUT2D eigenvalue weighted by atomic mass is 19.1. The first-order chi connectivity index (χ1) is 11.1. The van der Waals surface area contributed by atoms with Gasteiger partial charge < -0.3 is 10.2 Å². The third-order valence-electron chi connectivity index (χ3n) is 3.68. The number of rotatable bonds is 3. The summed E-state index contributed by atoms with van der Waals surface area (Å²) < 4.78 is 13.1. The molecule has 0 spiro atoms. The topological polar surface area (TPSA) is 62.3 Å². The molecule has 2 aromatic rings. The summed E-state index contributed by atoms with van der Waals surface area (Å²) in [6, 6.07) is 10.3. The van der Waals surface area contributed by atoms with Crippen LogP contribution in [0.1, 0.15) is 33.8 Å². The Morgan fingerprint density at radius 2 is 1.74 bits per heavy atom. The fourth-order valence-corrected chi connectivity index (χ4v) is 2.52. The van der Waals surface area contributed by atoms with Crippen molar-refractivity contribution in [1.82, 2.24) is 9.88 Å². The van der Waals surface area contributed by atoms with Crippen LogP contribution in [-0.4, -0.2) is 34.8 Å². The average molecular weight is 313 g/mol. The highest BCUT2D eigenvalue weighted by Gasteiger charge is 2.21. The van der Waals surface area contributed by atoms with E-state index in [1.54, 1.807) is 23.1 Å². The van der Waals surface area contributed by atoms with E-state index in [1.165, 1.54) is 24.3 Å². The SMILES string of the molecule is O=C(Nc1cccc(F)c1)c1cccc(C(=O)N2CCCC2)n1. The molecule has 2 amide bonds. The van der Waals surface area contributed by atoms with Gasteiger partial charge in [-0.25, -0.2) is 9.37 Å². The van der Waals surface area contributed by atoms with Gasteiger partial charge in [0.25, 0.3) is 11.8 Å². The molecule has 6 heteroatoms. The van der Waals surface area contributed by atoms with Gasteiger partial charge in [0, 0.05) is 18.8 Å². The number of anilines is 1. The van der Waals surface area contributed by atoms with Gasteiger partial charge in [0.05, 0.1) is 0 Å². The minimum atomic E-state index is -0.480. The van der Waals surface area contributed by atoms with Crippen LogP contribution in [0.2, 0.25) is 0 Å². The maximum atomic E-state index is 13.1. The molecule has 1 fully saturated rings. The first kappa shape index (κ1) is 15.1. The van der Waals surface area contributed by atoms with Gasteiger partial charge in [-0.15, -0.1) is 0 Å². The number of nitrogens with one attached hydrogen (secondary N) is 1. The number of carbonyl (C=O) groups is 2. The summed E-state index contributed by atoms with van der Waals surface area (Å²) in [5.41, 5.74) is 0.714. The Morgan fingerprint density at radius 3 is 2.48 bits per heavy atom. The molecule has 0 unspecified atom stereocenters. The average Bonchev–Trinajstić information content (AvgIpc) is 3.09. The van der Waals surface area contributed by atoms with Crippen LogP contribution in [0.25, 0.3) is 0 Å². The Kier molecular flexibility index (Phi) is 4.32. The lowest BCUT2D eigenvalue weighted by atomic mass is 10.2. The van der Waals surface area contributed by atoms with Crippen molar-refractivity contribution >= 4 is 17.5 Å². The molecule has 0 atom stereocenters. The van der Waals surface area contributed by atoms with E-state index in [-0.39, 0.29) is 17.3 Å². The van der Waals surface area contributed by atoms with E-state index >= 15 is 0 Å². The highest BCUT2D eigenvalue weighted by Crippen LogP contribution is 2.13. The van der Waals surface area contributed by atoms with E-state index < -0.39 is 11.7 Å². The molecular weight excluding hydrogens is 297 g/mol. The van der Waals surface area contributed by atoms with E-state index in [4.69, 9.17) is 0 Å². The number of benzene rings is 1. The number of carbonyl (C=O) groups excluding carboxylic acids is 2. The van der Waals surface area contributed by atoms with Crippen LogP contribution >= 0.6 is 0 Å². The zero-order valence-electron chi connectivity index (χ0n) is 12.5. The summed E-state index contributed by atoms with van der Waals surface area (Å²) in [5, 5.41) is 2.57. The van der Waals surface area contributed by atoms with Crippen LogP contribution < -0.4 is 5.32 Å². The molecule has 2 heterocycles. The summed E-state index contributed by atoms with van der Waals surface area (Å²) in [6.07, 6.45) is 1.98. The van der Waals surface area contributed by atoms with E-state index in [9.17, 15) is 14.0 Å². The van der Waals surface area contributed by atoms with Crippen molar-refractivity contribution in [2.45, 2.75) is 12.8 Å². The fraction of sp³-hybridized carbons (Fsp3) is 0.235. The molecule has 1 aliphatic heterocycles. The summed E-state index contributed by atoms with van der Waals surface area (Å²) in [7, 11) is 0. The number of nitrogens with zero attached hydrogens (tertiary/aromatic N) is 2. The first-order valence-electron chi connectivity index (χ1n) is 7.47. The lowest BCUT2D eigenvalue weighted by Crippen LogP contribution is -2.29. The minimum Gasteiger partial charge on any atom is -0.337 e. The zero-order valence-corrected chi connectivity index (χ0v) is 12.5. The van der Waals surface area contributed by atoms with Crippen molar-refractivity contribution in [2.75, 3.05) is 18.4 Å². The Bertz CT molecular complexity index is 742. The van der Waals surface area contributed by atoms with E-state index in [1.807, 2.05) is 0 Å². The number of hydrogen-bond donors (Lipinski definition) is 1. The number of likely N-dealkylation sites (tertiary alicyclic amines) is 1. The smallest absolute Gasteiger partial charge is 0.274 e. The largest absolute Gasteiger partial charge is 0.337 e. The quantitative estimate of drug-likeness (QED) is 0.947. The summed E-state index contributed by atoms with van der Waals surface area (Å²) in [5.74, 6) is -1.08. The van der Waals surface area contributed by atoms with Crippen LogP contribution in [-0.2, 0) is 0 Å². The van der Waals surface area contributed by atoms with Gasteiger partial charge in [0.1, 0.15) is 17.2 Å². The second-order valence-corrected chi connectivity index (χ2v) is 5.37. The van der Waals surface area contributed by atoms with E-state index in [0.29, 0.717) is 5.69 Å².